The first-order chi connectivity index (χ1) is 13.2. The number of benzene rings is 1. The van der Waals surface area contributed by atoms with Crippen LogP contribution in [0.15, 0.2) is 42.5 Å². The van der Waals surface area contributed by atoms with E-state index >= 15 is 0 Å². The second-order valence-corrected chi connectivity index (χ2v) is 7.17. The normalized spacial score (nSPS) is 17.3. The highest BCUT2D eigenvalue weighted by atomic mass is 16.5. The van der Waals surface area contributed by atoms with Gasteiger partial charge in [0.2, 0.25) is 0 Å². The number of carbonyl (C=O) groups is 2. The van der Waals surface area contributed by atoms with Gasteiger partial charge in [0.1, 0.15) is 6.10 Å². The van der Waals surface area contributed by atoms with Crippen LogP contribution in [0.2, 0.25) is 0 Å². The van der Waals surface area contributed by atoms with Crippen molar-refractivity contribution in [2.75, 3.05) is 6.61 Å². The van der Waals surface area contributed by atoms with Crippen molar-refractivity contribution >= 4 is 11.9 Å². The van der Waals surface area contributed by atoms with Gasteiger partial charge in [-0.2, -0.15) is 0 Å². The Kier molecular flexibility index (Phi) is 9.67. The van der Waals surface area contributed by atoms with Crippen LogP contribution < -0.4 is 0 Å². The smallest absolute Gasteiger partial charge is 0.306 e. The van der Waals surface area contributed by atoms with Gasteiger partial charge in [-0.3, -0.25) is 9.59 Å². The molecular formula is C23H32O4. The molecule has 0 heterocycles. The zero-order valence-corrected chi connectivity index (χ0v) is 16.4. The lowest BCUT2D eigenvalue weighted by Gasteiger charge is -2.24. The van der Waals surface area contributed by atoms with E-state index in [1.54, 1.807) is 0 Å². The first-order valence-corrected chi connectivity index (χ1v) is 10.3. The largest absolute Gasteiger partial charge is 0.466 e. The number of hydrogen-bond acceptors (Lipinski definition) is 4. The van der Waals surface area contributed by atoms with E-state index in [0.717, 1.165) is 37.7 Å². The molecule has 0 spiro atoms. The van der Waals surface area contributed by atoms with E-state index < -0.39 is 0 Å². The molecule has 1 aliphatic rings. The Morgan fingerprint density at radius 3 is 2.59 bits per heavy atom. The van der Waals surface area contributed by atoms with Gasteiger partial charge in [-0.25, -0.2) is 0 Å². The molecule has 27 heavy (non-hydrogen) atoms. The minimum atomic E-state index is -0.245. The second-order valence-electron chi connectivity index (χ2n) is 7.17. The number of esters is 2. The first-order valence-electron chi connectivity index (χ1n) is 10.3. The zero-order chi connectivity index (χ0) is 19.3. The molecular weight excluding hydrogens is 340 g/mol. The summed E-state index contributed by atoms with van der Waals surface area (Å²) in [6, 6.07) is 9.93. The van der Waals surface area contributed by atoms with Gasteiger partial charge in [-0.1, -0.05) is 55.8 Å². The van der Waals surface area contributed by atoms with Crippen molar-refractivity contribution in [3.8, 4) is 0 Å². The molecule has 1 aromatic carbocycles. The van der Waals surface area contributed by atoms with E-state index in [9.17, 15) is 9.59 Å². The molecule has 1 aliphatic carbocycles. The molecule has 4 nitrogen and oxygen atoms in total. The molecule has 0 bridgehead atoms. The Balaban J connectivity index is 1.81. The summed E-state index contributed by atoms with van der Waals surface area (Å²) < 4.78 is 10.9. The average Bonchev–Trinajstić information content (AvgIpc) is 2.69. The molecule has 2 unspecified atom stereocenters. The van der Waals surface area contributed by atoms with Crippen LogP contribution in [0.1, 0.15) is 76.4 Å². The minimum Gasteiger partial charge on any atom is -0.466 e. The highest BCUT2D eigenvalue weighted by molar-refractivity contribution is 5.72. The monoisotopic (exact) mass is 372 g/mol. The quantitative estimate of drug-likeness (QED) is 0.291. The van der Waals surface area contributed by atoms with E-state index in [1.165, 1.54) is 6.42 Å². The Morgan fingerprint density at radius 2 is 1.89 bits per heavy atom. The maximum Gasteiger partial charge on any atom is 0.306 e. The van der Waals surface area contributed by atoms with Crippen LogP contribution >= 0.6 is 0 Å². The maximum absolute atomic E-state index is 12.3. The summed E-state index contributed by atoms with van der Waals surface area (Å²) in [6.45, 7) is 2.51. The summed E-state index contributed by atoms with van der Waals surface area (Å²) in [4.78, 5) is 23.9. The van der Waals surface area contributed by atoms with Crippen LogP contribution in [0.25, 0.3) is 0 Å². The number of unbranched alkanes of at least 4 members (excludes halogenated alkanes) is 1. The SMILES string of the molecule is CCCCOC(=O)CCCC(=O)OC(CC1C=CCCC1)c1ccccc1. The highest BCUT2D eigenvalue weighted by Crippen LogP contribution is 2.31. The third-order valence-corrected chi connectivity index (χ3v) is 4.84. The van der Waals surface area contributed by atoms with Crippen LogP contribution in [0.3, 0.4) is 0 Å². The molecule has 0 N–H and O–H groups in total. The fraction of sp³-hybridized carbons (Fsp3) is 0.565. The summed E-state index contributed by atoms with van der Waals surface area (Å²) in [5.41, 5.74) is 1.03. The average molecular weight is 373 g/mol. The molecule has 0 fully saturated rings. The molecule has 0 saturated heterocycles. The standard InChI is InChI=1S/C23H32O4/c1-2-3-17-26-22(24)15-10-16-23(25)27-21(20-13-8-5-9-14-20)18-19-11-6-4-7-12-19/h5-6,8-9,11,13-14,19,21H,2-4,7,10,12,15-18H2,1H3. The van der Waals surface area contributed by atoms with Crippen molar-refractivity contribution in [1.29, 1.82) is 0 Å². The van der Waals surface area contributed by atoms with Gasteiger partial charge in [0.15, 0.2) is 0 Å². The minimum absolute atomic E-state index is 0.233. The molecule has 0 radical (unpaired) electrons. The van der Waals surface area contributed by atoms with Crippen molar-refractivity contribution in [3.63, 3.8) is 0 Å². The lowest BCUT2D eigenvalue weighted by Crippen LogP contribution is -2.16. The number of hydrogen-bond donors (Lipinski definition) is 0. The summed E-state index contributed by atoms with van der Waals surface area (Å²) >= 11 is 0. The summed E-state index contributed by atoms with van der Waals surface area (Å²) in [5, 5.41) is 0. The summed E-state index contributed by atoms with van der Waals surface area (Å²) in [7, 11) is 0. The molecule has 1 aromatic rings. The third-order valence-electron chi connectivity index (χ3n) is 4.84. The fourth-order valence-corrected chi connectivity index (χ4v) is 3.27. The maximum atomic E-state index is 12.3. The number of ether oxygens (including phenoxy) is 2. The van der Waals surface area contributed by atoms with Crippen LogP contribution in [0.4, 0.5) is 0 Å². The molecule has 4 heteroatoms. The predicted molar refractivity (Wildman–Crippen MR) is 106 cm³/mol. The van der Waals surface area contributed by atoms with Gasteiger partial charge in [-0.05, 0) is 50.0 Å². The Bertz CT molecular complexity index is 594. The third kappa shape index (κ3) is 8.42. The van der Waals surface area contributed by atoms with E-state index in [4.69, 9.17) is 9.47 Å². The van der Waals surface area contributed by atoms with Gasteiger partial charge in [0.25, 0.3) is 0 Å². The van der Waals surface area contributed by atoms with Crippen molar-refractivity contribution < 1.29 is 19.1 Å². The van der Waals surface area contributed by atoms with Crippen LogP contribution in [-0.4, -0.2) is 18.5 Å². The van der Waals surface area contributed by atoms with E-state index in [-0.39, 0.29) is 30.9 Å². The lowest BCUT2D eigenvalue weighted by molar-refractivity contribution is -0.150. The molecule has 0 aliphatic heterocycles. The van der Waals surface area contributed by atoms with Gasteiger partial charge >= 0.3 is 11.9 Å². The molecule has 0 saturated carbocycles. The highest BCUT2D eigenvalue weighted by Gasteiger charge is 2.21. The topological polar surface area (TPSA) is 52.6 Å². The van der Waals surface area contributed by atoms with Gasteiger partial charge in [0, 0.05) is 12.8 Å². The van der Waals surface area contributed by atoms with Crippen LogP contribution in [0, 0.1) is 5.92 Å². The van der Waals surface area contributed by atoms with Crippen molar-refractivity contribution in [3.05, 3.63) is 48.0 Å². The van der Waals surface area contributed by atoms with E-state index in [0.29, 0.717) is 18.9 Å². The molecule has 148 valence electrons. The number of rotatable bonds is 11. The predicted octanol–water partition coefficient (Wildman–Crippen LogP) is 5.53. The molecule has 2 atom stereocenters. The fourth-order valence-electron chi connectivity index (χ4n) is 3.27. The zero-order valence-electron chi connectivity index (χ0n) is 16.4. The van der Waals surface area contributed by atoms with Crippen molar-refractivity contribution in [1.82, 2.24) is 0 Å². The number of carbonyl (C=O) groups excluding carboxylic acids is 2. The van der Waals surface area contributed by atoms with Crippen molar-refractivity contribution in [2.45, 2.75) is 70.8 Å². The van der Waals surface area contributed by atoms with E-state index in [2.05, 4.69) is 19.1 Å². The number of allylic oxidation sites excluding steroid dienone is 2. The lowest BCUT2D eigenvalue weighted by atomic mass is 9.89. The second kappa shape index (κ2) is 12.3. The van der Waals surface area contributed by atoms with Gasteiger partial charge in [-0.15, -0.1) is 0 Å². The van der Waals surface area contributed by atoms with Gasteiger partial charge < -0.3 is 9.47 Å². The first kappa shape index (κ1) is 21.2. The Morgan fingerprint density at radius 1 is 1.11 bits per heavy atom. The van der Waals surface area contributed by atoms with E-state index in [1.807, 2.05) is 30.3 Å². The Labute approximate surface area is 162 Å². The Hall–Kier alpha value is -2.10. The summed E-state index contributed by atoms with van der Waals surface area (Å²) in [5.74, 6) is -0.0292. The molecule has 0 aromatic heterocycles. The molecule has 2 rings (SSSR count). The summed E-state index contributed by atoms with van der Waals surface area (Å²) in [6.07, 6.45) is 11.4. The van der Waals surface area contributed by atoms with Crippen LogP contribution in [0.5, 0.6) is 0 Å². The van der Waals surface area contributed by atoms with Crippen molar-refractivity contribution in [2.24, 2.45) is 5.92 Å². The molecule has 0 amide bonds. The van der Waals surface area contributed by atoms with Crippen LogP contribution in [-0.2, 0) is 19.1 Å². The van der Waals surface area contributed by atoms with Gasteiger partial charge in [0.05, 0.1) is 6.61 Å².